The lowest BCUT2D eigenvalue weighted by molar-refractivity contribution is 0.0692. The van der Waals surface area contributed by atoms with Gasteiger partial charge in [-0.05, 0) is 31.0 Å². The first-order valence-electron chi connectivity index (χ1n) is 5.62. The molecule has 0 saturated carbocycles. The summed E-state index contributed by atoms with van der Waals surface area (Å²) in [6.07, 6.45) is 2.64. The summed E-state index contributed by atoms with van der Waals surface area (Å²) in [5, 5.41) is 8.82. The van der Waals surface area contributed by atoms with Gasteiger partial charge in [0.15, 0.2) is 0 Å². The Morgan fingerprint density at radius 2 is 1.65 bits per heavy atom. The first kappa shape index (κ1) is 16.4. The molecule has 0 aliphatic rings. The van der Waals surface area contributed by atoms with Crippen LogP contribution in [0.4, 0.5) is 0 Å². The zero-order valence-corrected chi connectivity index (χ0v) is 12.5. The van der Waals surface area contributed by atoms with Crippen molar-refractivity contribution in [2.75, 3.05) is 0 Å². The van der Waals surface area contributed by atoms with Gasteiger partial charge < -0.3 is 5.11 Å². The topological polar surface area (TPSA) is 37.3 Å². The Kier molecular flexibility index (Phi) is 7.39. The molecule has 0 amide bonds. The lowest BCUT2D eigenvalue weighted by atomic mass is 10.1. The van der Waals surface area contributed by atoms with Gasteiger partial charge in [0.25, 0.3) is 0 Å². The fourth-order valence-electron chi connectivity index (χ4n) is 1.05. The maximum Gasteiger partial charge on any atom is 0.336 e. The fraction of sp³-hybridized carbons (Fsp3) is 0.462. The van der Waals surface area contributed by atoms with Crippen LogP contribution in [0.2, 0.25) is 0 Å². The zero-order chi connectivity index (χ0) is 13.6. The molecule has 4 heteroatoms. The number of thiol groups is 2. The van der Waals surface area contributed by atoms with Crippen molar-refractivity contribution in [2.24, 2.45) is 0 Å². The van der Waals surface area contributed by atoms with E-state index >= 15 is 0 Å². The van der Waals surface area contributed by atoms with Gasteiger partial charge in [0.05, 0.1) is 5.56 Å². The highest BCUT2D eigenvalue weighted by Crippen LogP contribution is 2.28. The minimum atomic E-state index is -0.969. The van der Waals surface area contributed by atoms with Gasteiger partial charge in [0, 0.05) is 9.79 Å². The molecule has 1 N–H and O–H groups in total. The van der Waals surface area contributed by atoms with E-state index in [0.717, 1.165) is 11.1 Å². The van der Waals surface area contributed by atoms with Crippen LogP contribution in [-0.2, 0) is 0 Å². The van der Waals surface area contributed by atoms with Crippen LogP contribution in [0.3, 0.4) is 0 Å². The largest absolute Gasteiger partial charge is 0.478 e. The van der Waals surface area contributed by atoms with Crippen LogP contribution >= 0.6 is 25.3 Å². The van der Waals surface area contributed by atoms with Crippen LogP contribution in [0.15, 0.2) is 15.9 Å². The minimum absolute atomic E-state index is 0.205. The molecule has 1 aromatic carbocycles. The smallest absolute Gasteiger partial charge is 0.336 e. The van der Waals surface area contributed by atoms with Gasteiger partial charge in [-0.25, -0.2) is 4.79 Å². The Morgan fingerprint density at radius 1 is 1.18 bits per heavy atom. The lowest BCUT2D eigenvalue weighted by Crippen LogP contribution is -2.01. The molecule has 0 fully saturated rings. The first-order chi connectivity index (χ1) is 7.86. The molecule has 0 radical (unpaired) electrons. The molecule has 0 atom stereocenters. The van der Waals surface area contributed by atoms with E-state index in [1.807, 2.05) is 13.8 Å². The monoisotopic (exact) mass is 272 g/mol. The normalized spacial score (nSPS) is 9.53. The van der Waals surface area contributed by atoms with Crippen LogP contribution in [0.5, 0.6) is 0 Å². The second-order valence-electron chi connectivity index (χ2n) is 3.87. The number of hydrogen-bond acceptors (Lipinski definition) is 3. The van der Waals surface area contributed by atoms with Crippen molar-refractivity contribution in [3.8, 4) is 0 Å². The molecule has 0 aromatic heterocycles. The maximum atomic E-state index is 10.8. The van der Waals surface area contributed by atoms with Gasteiger partial charge in [0.1, 0.15) is 0 Å². The van der Waals surface area contributed by atoms with Crippen molar-refractivity contribution in [1.82, 2.24) is 0 Å². The van der Waals surface area contributed by atoms with E-state index < -0.39 is 5.97 Å². The van der Waals surface area contributed by atoms with Crippen molar-refractivity contribution < 1.29 is 9.90 Å². The number of carboxylic acids is 1. The summed E-state index contributed by atoms with van der Waals surface area (Å²) in [5.41, 5.74) is 2.09. The molecular weight excluding hydrogens is 252 g/mol. The average Bonchev–Trinajstić information content (AvgIpc) is 2.31. The van der Waals surface area contributed by atoms with Crippen LogP contribution < -0.4 is 0 Å². The van der Waals surface area contributed by atoms with Gasteiger partial charge in [-0.1, -0.05) is 26.7 Å². The van der Waals surface area contributed by atoms with Gasteiger partial charge in [-0.15, -0.1) is 25.3 Å². The highest BCUT2D eigenvalue weighted by atomic mass is 32.1. The summed E-state index contributed by atoms with van der Waals surface area (Å²) < 4.78 is 0. The highest BCUT2D eigenvalue weighted by Gasteiger charge is 2.13. The summed E-state index contributed by atoms with van der Waals surface area (Å²) in [6.45, 7) is 8.11. The number of benzene rings is 1. The number of hydrogen-bond donors (Lipinski definition) is 3. The van der Waals surface area contributed by atoms with Gasteiger partial charge in [-0.3, -0.25) is 0 Å². The fourth-order valence-corrected chi connectivity index (χ4v) is 1.67. The standard InChI is InChI=1S/C9H10O2S2.C4H10/c1-4-3-6(9(10)11)8(13)7(12)5(4)2;1-3-4-2/h3,12-13H,1-2H3,(H,10,11);3-4H2,1-2H3. The van der Waals surface area contributed by atoms with Gasteiger partial charge >= 0.3 is 5.97 Å². The van der Waals surface area contributed by atoms with E-state index in [2.05, 4.69) is 39.1 Å². The van der Waals surface area contributed by atoms with E-state index in [0.29, 0.717) is 9.79 Å². The Balaban J connectivity index is 0.000000557. The van der Waals surface area contributed by atoms with Gasteiger partial charge in [-0.2, -0.15) is 0 Å². The highest BCUT2D eigenvalue weighted by molar-refractivity contribution is 7.83. The Bertz CT molecular complexity index is 399. The summed E-state index contributed by atoms with van der Waals surface area (Å²) in [6, 6.07) is 1.61. The molecule has 2 nitrogen and oxygen atoms in total. The Hall–Kier alpha value is -0.610. The quantitative estimate of drug-likeness (QED) is 0.699. The molecule has 1 rings (SSSR count). The van der Waals surface area contributed by atoms with Crippen molar-refractivity contribution >= 4 is 31.2 Å². The maximum absolute atomic E-state index is 10.8. The SMILES string of the molecule is CCCC.Cc1cc(C(=O)O)c(S)c(S)c1C. The van der Waals surface area contributed by atoms with Crippen LogP contribution in [-0.4, -0.2) is 11.1 Å². The number of carbonyl (C=O) groups is 1. The predicted octanol–water partition coefficient (Wildman–Crippen LogP) is 4.39. The number of aromatic carboxylic acids is 1. The molecule has 0 heterocycles. The number of carboxylic acid groups (broad SMARTS) is 1. The third-order valence-corrected chi connectivity index (χ3v) is 3.72. The molecule has 1 aromatic rings. The number of rotatable bonds is 2. The Labute approximate surface area is 114 Å². The lowest BCUT2D eigenvalue weighted by Gasteiger charge is -2.09. The predicted molar refractivity (Wildman–Crippen MR) is 78.0 cm³/mol. The summed E-state index contributed by atoms with van der Waals surface area (Å²) in [7, 11) is 0. The molecule has 17 heavy (non-hydrogen) atoms. The van der Waals surface area contributed by atoms with Crippen LogP contribution in [0.25, 0.3) is 0 Å². The molecule has 0 aliphatic carbocycles. The molecule has 0 aliphatic heterocycles. The first-order valence-corrected chi connectivity index (χ1v) is 6.51. The van der Waals surface area contributed by atoms with E-state index in [-0.39, 0.29) is 5.56 Å². The van der Waals surface area contributed by atoms with Crippen LogP contribution in [0.1, 0.15) is 48.2 Å². The second kappa shape index (κ2) is 7.67. The minimum Gasteiger partial charge on any atom is -0.478 e. The van der Waals surface area contributed by atoms with E-state index in [9.17, 15) is 4.79 Å². The third-order valence-electron chi connectivity index (χ3n) is 2.52. The summed E-state index contributed by atoms with van der Waals surface area (Å²) in [4.78, 5) is 11.8. The van der Waals surface area contributed by atoms with E-state index in [4.69, 9.17) is 5.11 Å². The molecule has 96 valence electrons. The van der Waals surface area contributed by atoms with E-state index in [1.54, 1.807) is 6.07 Å². The van der Waals surface area contributed by atoms with Crippen molar-refractivity contribution in [3.05, 3.63) is 22.8 Å². The van der Waals surface area contributed by atoms with Gasteiger partial charge in [0.2, 0.25) is 0 Å². The van der Waals surface area contributed by atoms with E-state index in [1.165, 1.54) is 12.8 Å². The zero-order valence-electron chi connectivity index (χ0n) is 10.7. The Morgan fingerprint density at radius 3 is 2.00 bits per heavy atom. The van der Waals surface area contributed by atoms with Crippen molar-refractivity contribution in [1.29, 1.82) is 0 Å². The third kappa shape index (κ3) is 4.64. The average molecular weight is 272 g/mol. The molecule has 0 saturated heterocycles. The van der Waals surface area contributed by atoms with Crippen LogP contribution in [0, 0.1) is 13.8 Å². The second-order valence-corrected chi connectivity index (χ2v) is 4.76. The molecule has 0 unspecified atom stereocenters. The molecular formula is C13H20O2S2. The van der Waals surface area contributed by atoms with Crippen molar-refractivity contribution in [2.45, 2.75) is 50.3 Å². The summed E-state index contributed by atoms with van der Waals surface area (Å²) in [5.74, 6) is -0.969. The number of aryl methyl sites for hydroxylation is 1. The number of unbranched alkanes of at least 4 members (excludes halogenated alkanes) is 1. The molecule has 0 bridgehead atoms. The van der Waals surface area contributed by atoms with Crippen molar-refractivity contribution in [3.63, 3.8) is 0 Å². The molecule has 0 spiro atoms. The summed E-state index contributed by atoms with van der Waals surface area (Å²) >= 11 is 8.32.